The quantitative estimate of drug-likeness (QED) is 0.815. The lowest BCUT2D eigenvalue weighted by Gasteiger charge is -2.20. The summed E-state index contributed by atoms with van der Waals surface area (Å²) in [5.74, 6) is -1.86. The van der Waals surface area contributed by atoms with E-state index in [0.29, 0.717) is 6.42 Å². The molecule has 3 aliphatic rings. The SMILES string of the molecule is CC1(C)[C@H](C(=O)O)[C@@H]1C(=O)N[C@H]1CC[C@@H](C(=O)N2CCCC2)C1. The van der Waals surface area contributed by atoms with Crippen molar-refractivity contribution in [1.29, 1.82) is 0 Å². The number of nitrogens with zero attached hydrogens (tertiary/aromatic N) is 1. The third-order valence-corrected chi connectivity index (χ3v) is 5.92. The molecule has 1 heterocycles. The van der Waals surface area contributed by atoms with Gasteiger partial charge in [-0.15, -0.1) is 0 Å². The highest BCUT2D eigenvalue weighted by Crippen LogP contribution is 2.58. The lowest BCUT2D eigenvalue weighted by atomic mass is 10.1. The van der Waals surface area contributed by atoms with Gasteiger partial charge in [-0.05, 0) is 37.5 Å². The van der Waals surface area contributed by atoms with E-state index in [1.54, 1.807) is 0 Å². The highest BCUT2D eigenvalue weighted by atomic mass is 16.4. The summed E-state index contributed by atoms with van der Waals surface area (Å²) in [5.41, 5.74) is -0.473. The van der Waals surface area contributed by atoms with Crippen LogP contribution in [0.4, 0.5) is 0 Å². The Morgan fingerprint density at radius 2 is 1.74 bits per heavy atom. The summed E-state index contributed by atoms with van der Waals surface area (Å²) >= 11 is 0. The number of carbonyl (C=O) groups is 3. The minimum Gasteiger partial charge on any atom is -0.481 e. The van der Waals surface area contributed by atoms with Gasteiger partial charge in [-0.1, -0.05) is 13.8 Å². The second-order valence-electron chi connectivity index (χ2n) is 7.86. The average molecular weight is 322 g/mol. The Morgan fingerprint density at radius 3 is 2.30 bits per heavy atom. The van der Waals surface area contributed by atoms with E-state index in [9.17, 15) is 19.5 Å². The maximum atomic E-state index is 12.4. The highest BCUT2D eigenvalue weighted by Gasteiger charge is 2.66. The fourth-order valence-electron chi connectivity index (χ4n) is 4.41. The molecule has 23 heavy (non-hydrogen) atoms. The monoisotopic (exact) mass is 322 g/mol. The van der Waals surface area contributed by atoms with Gasteiger partial charge < -0.3 is 15.3 Å². The maximum absolute atomic E-state index is 12.4. The van der Waals surface area contributed by atoms with Gasteiger partial charge >= 0.3 is 5.97 Å². The number of amides is 2. The number of hydrogen-bond acceptors (Lipinski definition) is 3. The van der Waals surface area contributed by atoms with Gasteiger partial charge in [0.05, 0.1) is 11.8 Å². The van der Waals surface area contributed by atoms with Crippen LogP contribution in [0, 0.1) is 23.2 Å². The second-order valence-corrected chi connectivity index (χ2v) is 7.86. The van der Waals surface area contributed by atoms with Gasteiger partial charge in [0, 0.05) is 25.0 Å². The summed E-state index contributed by atoms with van der Waals surface area (Å²) in [7, 11) is 0. The molecule has 3 rings (SSSR count). The fraction of sp³-hybridized carbons (Fsp3) is 0.824. The topological polar surface area (TPSA) is 86.7 Å². The standard InChI is InChI=1S/C17H26N2O4/c1-17(2)12(13(17)16(22)23)14(20)18-11-6-5-10(9-11)15(21)19-7-3-4-8-19/h10-13H,3-9H2,1-2H3,(H,18,20)(H,22,23)/t10-,11+,12-,13+/m1/s1. The van der Waals surface area contributed by atoms with Crippen molar-refractivity contribution in [2.75, 3.05) is 13.1 Å². The molecule has 0 aromatic rings. The molecule has 6 heteroatoms. The van der Waals surface area contributed by atoms with E-state index in [1.807, 2.05) is 18.7 Å². The first kappa shape index (κ1) is 16.3. The fourth-order valence-corrected chi connectivity index (χ4v) is 4.41. The number of hydrogen-bond donors (Lipinski definition) is 2. The molecule has 3 fully saturated rings. The average Bonchev–Trinajstić information content (AvgIpc) is 2.94. The summed E-state index contributed by atoms with van der Waals surface area (Å²) in [6, 6.07) is 0.00454. The summed E-state index contributed by atoms with van der Waals surface area (Å²) in [6.45, 7) is 5.38. The molecule has 0 radical (unpaired) electrons. The number of carboxylic acid groups (broad SMARTS) is 1. The van der Waals surface area contributed by atoms with Crippen LogP contribution >= 0.6 is 0 Å². The lowest BCUT2D eigenvalue weighted by molar-refractivity contribution is -0.140. The van der Waals surface area contributed by atoms with Gasteiger partial charge in [-0.25, -0.2) is 0 Å². The molecule has 0 spiro atoms. The van der Waals surface area contributed by atoms with Crippen LogP contribution in [0.5, 0.6) is 0 Å². The van der Waals surface area contributed by atoms with Crippen LogP contribution in [0.3, 0.4) is 0 Å². The van der Waals surface area contributed by atoms with E-state index in [-0.39, 0.29) is 23.8 Å². The van der Waals surface area contributed by atoms with Crippen molar-refractivity contribution in [3.8, 4) is 0 Å². The Hall–Kier alpha value is -1.59. The van der Waals surface area contributed by atoms with E-state index >= 15 is 0 Å². The van der Waals surface area contributed by atoms with Crippen molar-refractivity contribution in [2.24, 2.45) is 23.2 Å². The Kier molecular flexibility index (Phi) is 4.10. The second kappa shape index (κ2) is 5.80. The molecule has 1 aliphatic heterocycles. The van der Waals surface area contributed by atoms with E-state index in [4.69, 9.17) is 0 Å². The van der Waals surface area contributed by atoms with Gasteiger partial charge in [0.1, 0.15) is 0 Å². The van der Waals surface area contributed by atoms with Gasteiger partial charge in [0.15, 0.2) is 0 Å². The number of nitrogens with one attached hydrogen (secondary N) is 1. The zero-order valence-corrected chi connectivity index (χ0v) is 13.9. The molecule has 6 nitrogen and oxygen atoms in total. The predicted octanol–water partition coefficient (Wildman–Crippen LogP) is 1.25. The molecule has 2 amide bonds. The molecule has 0 aromatic heterocycles. The molecular formula is C17H26N2O4. The van der Waals surface area contributed by atoms with Crippen LogP contribution < -0.4 is 5.32 Å². The molecule has 4 atom stereocenters. The van der Waals surface area contributed by atoms with Gasteiger partial charge in [-0.2, -0.15) is 0 Å². The van der Waals surface area contributed by atoms with Crippen LogP contribution in [0.25, 0.3) is 0 Å². The molecule has 0 bridgehead atoms. The smallest absolute Gasteiger partial charge is 0.307 e. The zero-order valence-electron chi connectivity index (χ0n) is 13.9. The van der Waals surface area contributed by atoms with Gasteiger partial charge in [-0.3, -0.25) is 14.4 Å². The number of aliphatic carboxylic acids is 1. The van der Waals surface area contributed by atoms with Crippen molar-refractivity contribution in [3.63, 3.8) is 0 Å². The first-order valence-corrected chi connectivity index (χ1v) is 8.64. The Balaban J connectivity index is 1.51. The minimum atomic E-state index is -0.899. The van der Waals surface area contributed by atoms with E-state index in [0.717, 1.165) is 38.8 Å². The summed E-state index contributed by atoms with van der Waals surface area (Å²) in [4.78, 5) is 37.9. The van der Waals surface area contributed by atoms with Crippen molar-refractivity contribution < 1.29 is 19.5 Å². The lowest BCUT2D eigenvalue weighted by Crippen LogP contribution is -2.37. The van der Waals surface area contributed by atoms with Crippen LogP contribution in [0.15, 0.2) is 0 Å². The van der Waals surface area contributed by atoms with E-state index in [1.165, 1.54) is 0 Å². The normalized spacial score (nSPS) is 35.1. The third kappa shape index (κ3) is 2.95. The van der Waals surface area contributed by atoms with Crippen LogP contribution in [0.2, 0.25) is 0 Å². The Bertz CT molecular complexity index is 525. The molecule has 1 saturated heterocycles. The molecule has 0 aromatic carbocycles. The molecule has 2 saturated carbocycles. The van der Waals surface area contributed by atoms with Crippen molar-refractivity contribution in [2.45, 2.75) is 52.0 Å². The van der Waals surface area contributed by atoms with E-state index < -0.39 is 23.2 Å². The molecule has 128 valence electrons. The van der Waals surface area contributed by atoms with Crippen LogP contribution in [0.1, 0.15) is 46.0 Å². The first-order chi connectivity index (χ1) is 10.8. The number of carboxylic acids is 1. The van der Waals surface area contributed by atoms with Gasteiger partial charge in [0.25, 0.3) is 0 Å². The minimum absolute atomic E-state index is 0.00454. The molecule has 2 N–H and O–H groups in total. The molecular weight excluding hydrogens is 296 g/mol. The van der Waals surface area contributed by atoms with Crippen LogP contribution in [-0.2, 0) is 14.4 Å². The number of likely N-dealkylation sites (tertiary alicyclic amines) is 1. The van der Waals surface area contributed by atoms with E-state index in [2.05, 4.69) is 5.32 Å². The number of rotatable bonds is 4. The first-order valence-electron chi connectivity index (χ1n) is 8.64. The van der Waals surface area contributed by atoms with Crippen LogP contribution in [-0.4, -0.2) is 46.9 Å². The summed E-state index contributed by atoms with van der Waals surface area (Å²) in [5, 5.41) is 12.2. The summed E-state index contributed by atoms with van der Waals surface area (Å²) in [6.07, 6.45) is 4.49. The Labute approximate surface area is 136 Å². The van der Waals surface area contributed by atoms with Gasteiger partial charge in [0.2, 0.25) is 11.8 Å². The number of carbonyl (C=O) groups excluding carboxylic acids is 2. The largest absolute Gasteiger partial charge is 0.481 e. The Morgan fingerprint density at radius 1 is 1.09 bits per heavy atom. The summed E-state index contributed by atoms with van der Waals surface area (Å²) < 4.78 is 0. The zero-order chi connectivity index (χ0) is 16.8. The highest BCUT2D eigenvalue weighted by molar-refractivity contribution is 5.91. The van der Waals surface area contributed by atoms with Crippen molar-refractivity contribution in [3.05, 3.63) is 0 Å². The maximum Gasteiger partial charge on any atom is 0.307 e. The van der Waals surface area contributed by atoms with Crippen molar-refractivity contribution >= 4 is 17.8 Å². The predicted molar refractivity (Wildman–Crippen MR) is 83.5 cm³/mol. The van der Waals surface area contributed by atoms with Crippen molar-refractivity contribution in [1.82, 2.24) is 10.2 Å². The third-order valence-electron chi connectivity index (χ3n) is 5.92. The molecule has 0 unspecified atom stereocenters. The molecule has 2 aliphatic carbocycles.